The highest BCUT2D eigenvalue weighted by Crippen LogP contribution is 2.20. The van der Waals surface area contributed by atoms with Crippen molar-refractivity contribution in [2.45, 2.75) is 64.7 Å². The van der Waals surface area contributed by atoms with E-state index in [4.69, 9.17) is 0 Å². The fraction of sp³-hybridized carbons (Fsp3) is 0.895. The Hall–Kier alpha value is -0.230. The van der Waals surface area contributed by atoms with Gasteiger partial charge in [0.15, 0.2) is 0 Å². The van der Waals surface area contributed by atoms with Crippen LogP contribution in [0.5, 0.6) is 0 Å². The molecule has 0 aromatic heterocycles. The molecule has 5 heteroatoms. The second kappa shape index (κ2) is 10.7. The average Bonchev–Trinajstić information content (AvgIpc) is 3.22. The molecule has 24 heavy (non-hydrogen) atoms. The molecule has 2 atom stereocenters. The van der Waals surface area contributed by atoms with E-state index >= 15 is 0 Å². The molecule has 0 amide bonds. The summed E-state index contributed by atoms with van der Waals surface area (Å²) in [5.74, 6) is 0. The molecule has 2 unspecified atom stereocenters. The topological polar surface area (TPSA) is 13.0 Å². The quantitative estimate of drug-likeness (QED) is 0.676. The molecule has 0 bridgehead atoms. The van der Waals surface area contributed by atoms with E-state index in [1.165, 1.54) is 32.5 Å². The fourth-order valence-corrected chi connectivity index (χ4v) is 3.93. The van der Waals surface area contributed by atoms with Crippen molar-refractivity contribution in [3.8, 4) is 0 Å². The summed E-state index contributed by atoms with van der Waals surface area (Å²) in [7, 11) is 4.45. The third-order valence-corrected chi connectivity index (χ3v) is 6.47. The van der Waals surface area contributed by atoms with Crippen molar-refractivity contribution in [3.63, 3.8) is 0 Å². The number of likely N-dealkylation sites (N-methyl/N-ethyl adjacent to an activating group) is 2. The molecule has 0 aliphatic carbocycles. The molecule has 2 fully saturated rings. The maximum absolute atomic E-state index is 3.79. The lowest BCUT2D eigenvalue weighted by Crippen LogP contribution is -2.38. The first-order chi connectivity index (χ1) is 11.3. The van der Waals surface area contributed by atoms with E-state index in [1.807, 2.05) is 18.1 Å². The summed E-state index contributed by atoms with van der Waals surface area (Å²) in [5.41, 5.74) is 0. The van der Waals surface area contributed by atoms with Crippen molar-refractivity contribution in [3.05, 3.63) is 12.8 Å². The zero-order valence-electron chi connectivity index (χ0n) is 17.0. The molecule has 2 rings (SSSR count). The van der Waals surface area contributed by atoms with E-state index in [2.05, 4.69) is 73.6 Å². The Bertz CT molecular complexity index is 361. The van der Waals surface area contributed by atoms with Gasteiger partial charge in [0.05, 0.1) is 0 Å². The van der Waals surface area contributed by atoms with Crippen LogP contribution in [0.1, 0.15) is 40.5 Å². The Morgan fingerprint density at radius 2 is 1.46 bits per heavy atom. The summed E-state index contributed by atoms with van der Waals surface area (Å²) >= 11 is 1.87. The van der Waals surface area contributed by atoms with Crippen LogP contribution < -0.4 is 0 Å². The lowest BCUT2D eigenvalue weighted by Gasteiger charge is -2.27. The van der Waals surface area contributed by atoms with Gasteiger partial charge in [-0.15, -0.1) is 0 Å². The molecule has 0 spiro atoms. The Kier molecular flexibility index (Phi) is 9.72. The minimum atomic E-state index is 0.653. The first-order valence-corrected chi connectivity index (χ1v) is 10.6. The first kappa shape index (κ1) is 21.8. The molecule has 142 valence electrons. The van der Waals surface area contributed by atoms with Gasteiger partial charge in [0.25, 0.3) is 0 Å². The van der Waals surface area contributed by atoms with Crippen LogP contribution in [0, 0.1) is 0 Å². The number of rotatable bonds is 6. The molecule has 2 heterocycles. The molecule has 2 aliphatic heterocycles. The SMILES string of the molecule is C=CN1CCC(N(C)C(C)C)C1.CSN1CCC(N(C)C(C)C)C1. The van der Waals surface area contributed by atoms with Crippen molar-refractivity contribution in [2.24, 2.45) is 0 Å². The summed E-state index contributed by atoms with van der Waals surface area (Å²) < 4.78 is 2.45. The Morgan fingerprint density at radius 1 is 0.958 bits per heavy atom. The molecule has 0 aromatic carbocycles. The minimum Gasteiger partial charge on any atom is -0.376 e. The van der Waals surface area contributed by atoms with Gasteiger partial charge in [-0.1, -0.05) is 18.5 Å². The second-order valence-corrected chi connectivity index (χ2v) is 8.53. The highest BCUT2D eigenvalue weighted by Gasteiger charge is 2.26. The van der Waals surface area contributed by atoms with Gasteiger partial charge in [-0.2, -0.15) is 0 Å². The van der Waals surface area contributed by atoms with Crippen LogP contribution in [-0.2, 0) is 0 Å². The van der Waals surface area contributed by atoms with Crippen molar-refractivity contribution in [1.82, 2.24) is 19.0 Å². The van der Waals surface area contributed by atoms with Crippen LogP contribution in [0.4, 0.5) is 0 Å². The predicted molar refractivity (Wildman–Crippen MR) is 109 cm³/mol. The fourth-order valence-electron chi connectivity index (χ4n) is 3.32. The highest BCUT2D eigenvalue weighted by atomic mass is 32.2. The maximum Gasteiger partial charge on any atom is 0.0329 e. The van der Waals surface area contributed by atoms with Crippen LogP contribution in [-0.4, -0.2) is 89.7 Å². The lowest BCUT2D eigenvalue weighted by molar-refractivity contribution is 0.200. The summed E-state index contributed by atoms with van der Waals surface area (Å²) in [6.45, 7) is 17.6. The second-order valence-electron chi connectivity index (χ2n) is 7.65. The largest absolute Gasteiger partial charge is 0.376 e. The summed E-state index contributed by atoms with van der Waals surface area (Å²) in [4.78, 5) is 7.23. The highest BCUT2D eigenvalue weighted by molar-refractivity contribution is 7.96. The third-order valence-electron chi connectivity index (χ3n) is 5.62. The van der Waals surface area contributed by atoms with Crippen molar-refractivity contribution in [2.75, 3.05) is 46.5 Å². The Morgan fingerprint density at radius 3 is 1.83 bits per heavy atom. The number of nitrogens with zero attached hydrogens (tertiary/aromatic N) is 4. The standard InChI is InChI=1S/C10H20N2.C9H20N2S/c1-5-12-7-6-10(8-12)11(4)9(2)3;1-8(2)10(3)9-5-6-11(7-9)12-4/h5,9-10H,1,6-8H2,2-4H3;8-9H,5-7H2,1-4H3. The van der Waals surface area contributed by atoms with Gasteiger partial charge in [-0.3, -0.25) is 9.80 Å². The van der Waals surface area contributed by atoms with Gasteiger partial charge < -0.3 is 4.90 Å². The van der Waals surface area contributed by atoms with Crippen LogP contribution in [0.25, 0.3) is 0 Å². The number of hydrogen-bond donors (Lipinski definition) is 0. The lowest BCUT2D eigenvalue weighted by atomic mass is 10.2. The van der Waals surface area contributed by atoms with Crippen LogP contribution in [0.2, 0.25) is 0 Å². The van der Waals surface area contributed by atoms with Crippen molar-refractivity contribution in [1.29, 1.82) is 0 Å². The molecule has 2 saturated heterocycles. The number of likely N-dealkylation sites (tertiary alicyclic amines) is 1. The van der Waals surface area contributed by atoms with Gasteiger partial charge in [0, 0.05) is 50.3 Å². The van der Waals surface area contributed by atoms with E-state index in [0.717, 1.165) is 18.6 Å². The average molecular weight is 357 g/mol. The zero-order valence-corrected chi connectivity index (χ0v) is 17.9. The van der Waals surface area contributed by atoms with Gasteiger partial charge in [-0.05, 0) is 67.1 Å². The maximum atomic E-state index is 3.79. The van der Waals surface area contributed by atoms with Gasteiger partial charge >= 0.3 is 0 Å². The van der Waals surface area contributed by atoms with Crippen molar-refractivity contribution >= 4 is 11.9 Å². The summed E-state index contributed by atoms with van der Waals surface area (Å²) in [6.07, 6.45) is 6.72. The van der Waals surface area contributed by atoms with Crippen LogP contribution in [0.15, 0.2) is 12.8 Å². The molecule has 0 saturated carbocycles. The minimum absolute atomic E-state index is 0.653. The van der Waals surface area contributed by atoms with Gasteiger partial charge in [0.1, 0.15) is 0 Å². The Labute approximate surface area is 155 Å². The normalized spacial score (nSPS) is 25.0. The zero-order chi connectivity index (χ0) is 18.3. The molecule has 0 aromatic rings. The molecular weight excluding hydrogens is 316 g/mol. The van der Waals surface area contributed by atoms with E-state index in [-0.39, 0.29) is 0 Å². The molecule has 0 radical (unpaired) electrons. The Balaban J connectivity index is 0.000000240. The first-order valence-electron chi connectivity index (χ1n) is 9.39. The number of hydrogen-bond acceptors (Lipinski definition) is 5. The van der Waals surface area contributed by atoms with Crippen LogP contribution in [0.3, 0.4) is 0 Å². The van der Waals surface area contributed by atoms with Crippen molar-refractivity contribution < 1.29 is 0 Å². The van der Waals surface area contributed by atoms with E-state index in [0.29, 0.717) is 12.1 Å². The smallest absolute Gasteiger partial charge is 0.0329 e. The van der Waals surface area contributed by atoms with Gasteiger partial charge in [0.2, 0.25) is 0 Å². The summed E-state index contributed by atoms with van der Waals surface area (Å²) in [6, 6.07) is 2.83. The third kappa shape index (κ3) is 6.58. The monoisotopic (exact) mass is 356 g/mol. The predicted octanol–water partition coefficient (Wildman–Crippen LogP) is 3.22. The molecule has 0 N–H and O–H groups in total. The summed E-state index contributed by atoms with van der Waals surface area (Å²) in [5, 5.41) is 0. The van der Waals surface area contributed by atoms with Crippen LogP contribution >= 0.6 is 11.9 Å². The molecule has 4 nitrogen and oxygen atoms in total. The molecule has 2 aliphatic rings. The van der Waals surface area contributed by atoms with E-state index in [9.17, 15) is 0 Å². The van der Waals surface area contributed by atoms with E-state index in [1.54, 1.807) is 0 Å². The molecular formula is C19H40N4S. The van der Waals surface area contributed by atoms with Gasteiger partial charge in [-0.25, -0.2) is 4.31 Å². The van der Waals surface area contributed by atoms with E-state index < -0.39 is 0 Å².